The SMILES string of the molecule is Cc1cc(C)c(C(C)NCCCC(N)=O)c(C)n1. The third kappa shape index (κ3) is 4.11. The lowest BCUT2D eigenvalue weighted by atomic mass is 10.0. The van der Waals surface area contributed by atoms with Crippen molar-refractivity contribution < 1.29 is 4.79 Å². The molecule has 0 saturated heterocycles. The molecule has 18 heavy (non-hydrogen) atoms. The van der Waals surface area contributed by atoms with Gasteiger partial charge >= 0.3 is 0 Å². The summed E-state index contributed by atoms with van der Waals surface area (Å²) in [6.07, 6.45) is 1.21. The van der Waals surface area contributed by atoms with E-state index in [1.165, 1.54) is 11.1 Å². The molecule has 0 saturated carbocycles. The topological polar surface area (TPSA) is 68.0 Å². The van der Waals surface area contributed by atoms with Crippen LogP contribution in [0.25, 0.3) is 0 Å². The van der Waals surface area contributed by atoms with Crippen LogP contribution in [0.5, 0.6) is 0 Å². The van der Waals surface area contributed by atoms with Crippen molar-refractivity contribution in [3.63, 3.8) is 0 Å². The number of aromatic nitrogens is 1. The molecule has 0 aromatic carbocycles. The molecule has 1 aromatic rings. The number of primary amides is 1. The molecule has 0 aliphatic heterocycles. The van der Waals surface area contributed by atoms with Crippen LogP contribution in [0.2, 0.25) is 0 Å². The van der Waals surface area contributed by atoms with Crippen molar-refractivity contribution in [2.75, 3.05) is 6.54 Å². The van der Waals surface area contributed by atoms with Gasteiger partial charge in [-0.15, -0.1) is 0 Å². The van der Waals surface area contributed by atoms with Gasteiger partial charge < -0.3 is 11.1 Å². The number of nitrogens with one attached hydrogen (secondary N) is 1. The van der Waals surface area contributed by atoms with Crippen molar-refractivity contribution in [1.82, 2.24) is 10.3 Å². The number of carbonyl (C=O) groups is 1. The van der Waals surface area contributed by atoms with Gasteiger partial charge in [-0.05, 0) is 57.9 Å². The third-order valence-electron chi connectivity index (χ3n) is 3.07. The zero-order valence-corrected chi connectivity index (χ0v) is 11.7. The summed E-state index contributed by atoms with van der Waals surface area (Å²) in [7, 11) is 0. The average Bonchev–Trinajstić information content (AvgIpc) is 2.22. The fourth-order valence-corrected chi connectivity index (χ4v) is 2.37. The van der Waals surface area contributed by atoms with Gasteiger partial charge in [-0.25, -0.2) is 0 Å². The summed E-state index contributed by atoms with van der Waals surface area (Å²) in [5, 5.41) is 3.41. The molecule has 0 spiro atoms. The van der Waals surface area contributed by atoms with Crippen molar-refractivity contribution >= 4 is 5.91 Å². The minimum Gasteiger partial charge on any atom is -0.370 e. The van der Waals surface area contributed by atoms with Crippen LogP contribution in [0.3, 0.4) is 0 Å². The Morgan fingerprint density at radius 2 is 2.11 bits per heavy atom. The minimum atomic E-state index is -0.242. The van der Waals surface area contributed by atoms with E-state index in [2.05, 4.69) is 30.2 Å². The van der Waals surface area contributed by atoms with E-state index in [1.54, 1.807) is 0 Å². The first-order chi connectivity index (χ1) is 8.41. The van der Waals surface area contributed by atoms with E-state index in [-0.39, 0.29) is 11.9 Å². The maximum Gasteiger partial charge on any atom is 0.217 e. The number of pyridine rings is 1. The smallest absolute Gasteiger partial charge is 0.217 e. The van der Waals surface area contributed by atoms with Crippen LogP contribution in [0.1, 0.15) is 48.3 Å². The number of nitrogens with two attached hydrogens (primary N) is 1. The van der Waals surface area contributed by atoms with Crippen molar-refractivity contribution in [1.29, 1.82) is 0 Å². The predicted octanol–water partition coefficient (Wildman–Crippen LogP) is 1.92. The maximum absolute atomic E-state index is 10.6. The molecule has 1 rings (SSSR count). The summed E-state index contributed by atoms with van der Waals surface area (Å²) in [5.41, 5.74) is 9.74. The summed E-state index contributed by atoms with van der Waals surface area (Å²) < 4.78 is 0. The summed E-state index contributed by atoms with van der Waals surface area (Å²) in [6.45, 7) is 9.07. The monoisotopic (exact) mass is 249 g/mol. The van der Waals surface area contributed by atoms with Crippen LogP contribution in [-0.2, 0) is 4.79 Å². The van der Waals surface area contributed by atoms with E-state index < -0.39 is 0 Å². The maximum atomic E-state index is 10.6. The molecular formula is C14H23N3O. The Morgan fingerprint density at radius 3 is 2.67 bits per heavy atom. The molecule has 1 aromatic heterocycles. The van der Waals surface area contributed by atoms with Gasteiger partial charge in [0.2, 0.25) is 5.91 Å². The molecule has 0 aliphatic carbocycles. The summed E-state index contributed by atoms with van der Waals surface area (Å²) in [4.78, 5) is 15.1. The molecule has 1 amide bonds. The second kappa shape index (κ2) is 6.50. The van der Waals surface area contributed by atoms with E-state index in [1.807, 2.05) is 13.8 Å². The Labute approximate surface area is 109 Å². The first kappa shape index (κ1) is 14.6. The van der Waals surface area contributed by atoms with Crippen LogP contribution in [0.15, 0.2) is 6.07 Å². The molecule has 4 heteroatoms. The highest BCUT2D eigenvalue weighted by atomic mass is 16.1. The van der Waals surface area contributed by atoms with Gasteiger partial charge in [-0.1, -0.05) is 0 Å². The molecule has 0 bridgehead atoms. The zero-order valence-electron chi connectivity index (χ0n) is 11.7. The molecule has 0 aliphatic rings. The van der Waals surface area contributed by atoms with E-state index in [0.717, 1.165) is 24.4 Å². The number of aryl methyl sites for hydroxylation is 3. The fraction of sp³-hybridized carbons (Fsp3) is 0.571. The highest BCUT2D eigenvalue weighted by Gasteiger charge is 2.12. The molecule has 0 radical (unpaired) electrons. The number of amides is 1. The molecule has 4 nitrogen and oxygen atoms in total. The number of carbonyl (C=O) groups excluding carboxylic acids is 1. The van der Waals surface area contributed by atoms with Gasteiger partial charge in [-0.2, -0.15) is 0 Å². The largest absolute Gasteiger partial charge is 0.370 e. The normalized spacial score (nSPS) is 12.4. The van der Waals surface area contributed by atoms with Gasteiger partial charge in [0.15, 0.2) is 0 Å². The fourth-order valence-electron chi connectivity index (χ4n) is 2.37. The van der Waals surface area contributed by atoms with E-state index in [9.17, 15) is 4.79 Å². The minimum absolute atomic E-state index is 0.242. The van der Waals surface area contributed by atoms with Crippen molar-refractivity contribution in [2.24, 2.45) is 5.73 Å². The molecule has 1 heterocycles. The van der Waals surface area contributed by atoms with Crippen LogP contribution in [-0.4, -0.2) is 17.4 Å². The number of rotatable bonds is 6. The highest BCUT2D eigenvalue weighted by Crippen LogP contribution is 2.21. The highest BCUT2D eigenvalue weighted by molar-refractivity contribution is 5.73. The van der Waals surface area contributed by atoms with Crippen molar-refractivity contribution in [3.8, 4) is 0 Å². The standard InChI is InChI=1S/C14H23N3O/c1-9-8-10(2)17-12(4)14(9)11(3)16-7-5-6-13(15)18/h8,11,16H,5-7H2,1-4H3,(H2,15,18). The Balaban J connectivity index is 2.61. The summed E-state index contributed by atoms with van der Waals surface area (Å²) in [6, 6.07) is 2.34. The lowest BCUT2D eigenvalue weighted by Gasteiger charge is -2.19. The van der Waals surface area contributed by atoms with Crippen molar-refractivity contribution in [2.45, 2.75) is 46.6 Å². The number of nitrogens with zero attached hydrogens (tertiary/aromatic N) is 1. The Bertz CT molecular complexity index is 406. The van der Waals surface area contributed by atoms with Gasteiger partial charge in [0.25, 0.3) is 0 Å². The molecule has 100 valence electrons. The van der Waals surface area contributed by atoms with Gasteiger partial charge in [-0.3, -0.25) is 9.78 Å². The van der Waals surface area contributed by atoms with E-state index in [0.29, 0.717) is 6.42 Å². The number of hydrogen-bond donors (Lipinski definition) is 2. The van der Waals surface area contributed by atoms with Crippen LogP contribution < -0.4 is 11.1 Å². The number of hydrogen-bond acceptors (Lipinski definition) is 3. The second-order valence-electron chi connectivity index (χ2n) is 4.83. The third-order valence-corrected chi connectivity index (χ3v) is 3.07. The van der Waals surface area contributed by atoms with Crippen LogP contribution >= 0.6 is 0 Å². The average molecular weight is 249 g/mol. The lowest BCUT2D eigenvalue weighted by Crippen LogP contribution is -2.23. The molecule has 3 N–H and O–H groups in total. The Kier molecular flexibility index (Phi) is 5.28. The summed E-state index contributed by atoms with van der Waals surface area (Å²) >= 11 is 0. The zero-order chi connectivity index (χ0) is 13.7. The second-order valence-corrected chi connectivity index (χ2v) is 4.83. The molecule has 1 unspecified atom stereocenters. The van der Waals surface area contributed by atoms with E-state index in [4.69, 9.17) is 5.73 Å². The first-order valence-electron chi connectivity index (χ1n) is 6.38. The van der Waals surface area contributed by atoms with Crippen molar-refractivity contribution in [3.05, 3.63) is 28.6 Å². The molecule has 1 atom stereocenters. The van der Waals surface area contributed by atoms with Crippen LogP contribution in [0.4, 0.5) is 0 Å². The van der Waals surface area contributed by atoms with Gasteiger partial charge in [0.1, 0.15) is 0 Å². The predicted molar refractivity (Wildman–Crippen MR) is 73.3 cm³/mol. The lowest BCUT2D eigenvalue weighted by molar-refractivity contribution is -0.118. The van der Waals surface area contributed by atoms with Crippen LogP contribution in [0, 0.1) is 20.8 Å². The van der Waals surface area contributed by atoms with Gasteiger partial charge in [0, 0.05) is 23.9 Å². The summed E-state index contributed by atoms with van der Waals surface area (Å²) in [5.74, 6) is -0.242. The Morgan fingerprint density at radius 1 is 1.44 bits per heavy atom. The van der Waals surface area contributed by atoms with Gasteiger partial charge in [0.05, 0.1) is 0 Å². The molecule has 0 fully saturated rings. The van der Waals surface area contributed by atoms with E-state index >= 15 is 0 Å². The Hall–Kier alpha value is -1.42. The molecular weight excluding hydrogens is 226 g/mol. The first-order valence-corrected chi connectivity index (χ1v) is 6.38. The quantitative estimate of drug-likeness (QED) is 0.757.